The molecule has 1 aliphatic carbocycles. The maximum Gasteiger partial charge on any atom is 0.317 e. The van der Waals surface area contributed by atoms with E-state index in [0.29, 0.717) is 29.4 Å². The molecule has 0 aliphatic heterocycles. The van der Waals surface area contributed by atoms with Crippen molar-refractivity contribution < 1.29 is 28.9 Å². The number of benzene rings is 1. The summed E-state index contributed by atoms with van der Waals surface area (Å²) in [7, 11) is 4.51. The maximum atomic E-state index is 12.6. The molecule has 0 unspecified atom stereocenters. The number of rotatable bonds is 9. The number of nitrogens with one attached hydrogen (secondary N) is 1. The summed E-state index contributed by atoms with van der Waals surface area (Å²) >= 11 is 0. The predicted molar refractivity (Wildman–Crippen MR) is 95.3 cm³/mol. The minimum absolute atomic E-state index is 0.00754. The fourth-order valence-corrected chi connectivity index (χ4v) is 3.15. The van der Waals surface area contributed by atoms with E-state index in [1.807, 2.05) is 11.8 Å². The number of hydrogen-bond acceptors (Lipinski definition) is 6. The maximum absolute atomic E-state index is 12.6. The molecule has 1 fully saturated rings. The zero-order valence-corrected chi connectivity index (χ0v) is 15.6. The summed E-state index contributed by atoms with van der Waals surface area (Å²) in [4.78, 5) is 25.4. The van der Waals surface area contributed by atoms with Crippen LogP contribution in [-0.2, 0) is 4.79 Å². The summed E-state index contributed by atoms with van der Waals surface area (Å²) in [5.74, 6) is 0.236. The van der Waals surface area contributed by atoms with Gasteiger partial charge in [-0.25, -0.2) is 0 Å². The largest absolute Gasteiger partial charge is 0.496 e. The molecule has 1 aromatic carbocycles. The standard InChI is InChI=1S/C18H26N2O6/c1-5-20(10-17(21)22)12-6-11(7-12)19-18(23)13-8-15(25-3)16(26-4)9-14(13)24-2/h8-9,11-12H,5-7,10H2,1-4H3,(H,19,23)(H,21,22). The van der Waals surface area contributed by atoms with Gasteiger partial charge in [0.2, 0.25) is 0 Å². The SMILES string of the molecule is CCN(CC(=O)O)C1CC(NC(=O)c2cc(OC)c(OC)cc2OC)C1. The van der Waals surface area contributed by atoms with Gasteiger partial charge in [-0.2, -0.15) is 0 Å². The van der Waals surface area contributed by atoms with Crippen molar-refractivity contribution in [3.05, 3.63) is 17.7 Å². The van der Waals surface area contributed by atoms with Crippen LogP contribution in [0, 0.1) is 0 Å². The van der Waals surface area contributed by atoms with E-state index in [-0.39, 0.29) is 24.5 Å². The first kappa shape index (κ1) is 19.8. The minimum Gasteiger partial charge on any atom is -0.496 e. The smallest absolute Gasteiger partial charge is 0.317 e. The van der Waals surface area contributed by atoms with E-state index in [1.165, 1.54) is 21.3 Å². The molecule has 2 rings (SSSR count). The van der Waals surface area contributed by atoms with Crippen molar-refractivity contribution in [1.82, 2.24) is 10.2 Å². The lowest BCUT2D eigenvalue weighted by molar-refractivity contribution is -0.139. The normalized spacial score (nSPS) is 18.8. The molecule has 0 spiro atoms. The molecule has 0 atom stereocenters. The Morgan fingerprint density at radius 2 is 1.69 bits per heavy atom. The minimum atomic E-state index is -0.839. The number of aliphatic carboxylic acids is 1. The molecular formula is C18H26N2O6. The van der Waals surface area contributed by atoms with E-state index >= 15 is 0 Å². The Hall–Kier alpha value is -2.48. The molecule has 8 nitrogen and oxygen atoms in total. The van der Waals surface area contributed by atoms with Gasteiger partial charge in [-0.1, -0.05) is 6.92 Å². The van der Waals surface area contributed by atoms with Crippen LogP contribution < -0.4 is 19.5 Å². The average Bonchev–Trinajstić information content (AvgIpc) is 2.60. The Balaban J connectivity index is 2.02. The second kappa shape index (κ2) is 8.75. The van der Waals surface area contributed by atoms with Crippen molar-refractivity contribution in [2.45, 2.75) is 31.8 Å². The lowest BCUT2D eigenvalue weighted by Crippen LogP contribution is -2.54. The first-order valence-corrected chi connectivity index (χ1v) is 8.50. The highest BCUT2D eigenvalue weighted by atomic mass is 16.5. The second-order valence-electron chi connectivity index (χ2n) is 6.16. The summed E-state index contributed by atoms with van der Waals surface area (Å²) in [6, 6.07) is 3.39. The van der Waals surface area contributed by atoms with E-state index in [4.69, 9.17) is 19.3 Å². The molecule has 0 bridgehead atoms. The monoisotopic (exact) mass is 366 g/mol. The Morgan fingerprint density at radius 3 is 2.19 bits per heavy atom. The highest BCUT2D eigenvalue weighted by molar-refractivity contribution is 5.98. The van der Waals surface area contributed by atoms with E-state index in [9.17, 15) is 9.59 Å². The third kappa shape index (κ3) is 4.37. The van der Waals surface area contributed by atoms with Crippen LogP contribution >= 0.6 is 0 Å². The highest BCUT2D eigenvalue weighted by Gasteiger charge is 2.35. The number of hydrogen-bond donors (Lipinski definition) is 2. The number of carbonyl (C=O) groups excluding carboxylic acids is 1. The van der Waals surface area contributed by atoms with Crippen molar-refractivity contribution in [2.24, 2.45) is 0 Å². The van der Waals surface area contributed by atoms with Crippen LogP contribution in [0.25, 0.3) is 0 Å². The van der Waals surface area contributed by atoms with Gasteiger partial charge in [-0.05, 0) is 19.4 Å². The van der Waals surface area contributed by atoms with Crippen LogP contribution in [0.15, 0.2) is 12.1 Å². The third-order valence-corrected chi connectivity index (χ3v) is 4.66. The van der Waals surface area contributed by atoms with Crippen LogP contribution in [0.2, 0.25) is 0 Å². The number of nitrogens with zero attached hydrogens (tertiary/aromatic N) is 1. The first-order valence-electron chi connectivity index (χ1n) is 8.50. The van der Waals surface area contributed by atoms with Crippen molar-refractivity contribution in [3.8, 4) is 17.2 Å². The van der Waals surface area contributed by atoms with Gasteiger partial charge in [0, 0.05) is 24.2 Å². The van der Waals surface area contributed by atoms with Crippen molar-refractivity contribution in [3.63, 3.8) is 0 Å². The zero-order chi connectivity index (χ0) is 19.3. The first-order chi connectivity index (χ1) is 12.4. The summed E-state index contributed by atoms with van der Waals surface area (Å²) in [5, 5.41) is 11.9. The number of methoxy groups -OCH3 is 3. The molecule has 1 aromatic rings. The van der Waals surface area contributed by atoms with Crippen molar-refractivity contribution >= 4 is 11.9 Å². The zero-order valence-electron chi connectivity index (χ0n) is 15.6. The molecule has 8 heteroatoms. The average molecular weight is 366 g/mol. The van der Waals surface area contributed by atoms with Gasteiger partial charge >= 0.3 is 5.97 Å². The Bertz CT molecular complexity index is 657. The van der Waals surface area contributed by atoms with Crippen molar-refractivity contribution in [1.29, 1.82) is 0 Å². The number of ether oxygens (including phenoxy) is 3. The van der Waals surface area contributed by atoms with Crippen LogP contribution in [-0.4, -0.2) is 68.4 Å². The molecular weight excluding hydrogens is 340 g/mol. The van der Waals surface area contributed by atoms with Crippen molar-refractivity contribution in [2.75, 3.05) is 34.4 Å². The van der Waals surface area contributed by atoms with Gasteiger partial charge in [0.05, 0.1) is 33.4 Å². The molecule has 2 N–H and O–H groups in total. The molecule has 144 valence electrons. The van der Waals surface area contributed by atoms with Crippen LogP contribution in [0.1, 0.15) is 30.1 Å². The molecule has 1 saturated carbocycles. The number of likely N-dealkylation sites (N-methyl/N-ethyl adjacent to an activating group) is 1. The Labute approximate surface area is 153 Å². The molecule has 0 heterocycles. The van der Waals surface area contributed by atoms with Gasteiger partial charge in [-0.15, -0.1) is 0 Å². The van der Waals surface area contributed by atoms with Gasteiger partial charge in [0.15, 0.2) is 11.5 Å². The van der Waals surface area contributed by atoms with Crippen LogP contribution in [0.4, 0.5) is 0 Å². The van der Waals surface area contributed by atoms with Gasteiger partial charge in [0.25, 0.3) is 5.91 Å². The summed E-state index contributed by atoms with van der Waals surface area (Å²) in [6.07, 6.45) is 1.45. The van der Waals surface area contributed by atoms with E-state index in [0.717, 1.165) is 12.8 Å². The topological polar surface area (TPSA) is 97.3 Å². The van der Waals surface area contributed by atoms with Crippen LogP contribution in [0.3, 0.4) is 0 Å². The third-order valence-electron chi connectivity index (χ3n) is 4.66. The number of amides is 1. The Kier molecular flexibility index (Phi) is 6.68. The quantitative estimate of drug-likeness (QED) is 0.681. The molecule has 1 aliphatic rings. The van der Waals surface area contributed by atoms with Gasteiger partial charge in [-0.3, -0.25) is 14.5 Å². The lowest BCUT2D eigenvalue weighted by atomic mass is 9.85. The summed E-state index contributed by atoms with van der Waals surface area (Å²) in [5.41, 5.74) is 0.367. The molecule has 0 saturated heterocycles. The lowest BCUT2D eigenvalue weighted by Gasteiger charge is -2.42. The molecule has 0 radical (unpaired) electrons. The van der Waals surface area contributed by atoms with E-state index in [1.54, 1.807) is 12.1 Å². The van der Waals surface area contributed by atoms with Gasteiger partial charge in [0.1, 0.15) is 5.75 Å². The van der Waals surface area contributed by atoms with E-state index < -0.39 is 5.97 Å². The van der Waals surface area contributed by atoms with Gasteiger partial charge < -0.3 is 24.6 Å². The fraction of sp³-hybridized carbons (Fsp3) is 0.556. The number of carboxylic acid groups (broad SMARTS) is 1. The fourth-order valence-electron chi connectivity index (χ4n) is 3.15. The number of carboxylic acids is 1. The molecule has 26 heavy (non-hydrogen) atoms. The molecule has 0 aromatic heterocycles. The van der Waals surface area contributed by atoms with E-state index in [2.05, 4.69) is 5.32 Å². The summed E-state index contributed by atoms with van der Waals surface area (Å²) < 4.78 is 15.8. The Morgan fingerprint density at radius 1 is 1.12 bits per heavy atom. The second-order valence-corrected chi connectivity index (χ2v) is 6.16. The number of carbonyl (C=O) groups is 2. The van der Waals surface area contributed by atoms with Crippen LogP contribution in [0.5, 0.6) is 17.2 Å². The highest BCUT2D eigenvalue weighted by Crippen LogP contribution is 2.35. The molecule has 1 amide bonds. The predicted octanol–water partition coefficient (Wildman–Crippen LogP) is 1.38. The summed E-state index contributed by atoms with van der Waals surface area (Å²) in [6.45, 7) is 2.62.